The van der Waals surface area contributed by atoms with Crippen molar-refractivity contribution in [2.75, 3.05) is 13.2 Å². The van der Waals surface area contributed by atoms with Crippen LogP contribution in [0.25, 0.3) is 0 Å². The van der Waals surface area contributed by atoms with Crippen LogP contribution in [0.1, 0.15) is 5.56 Å². The van der Waals surface area contributed by atoms with Gasteiger partial charge in [-0.05, 0) is 24.1 Å². The van der Waals surface area contributed by atoms with Crippen LogP contribution in [0.5, 0.6) is 11.5 Å². The van der Waals surface area contributed by atoms with E-state index in [1.165, 1.54) is 0 Å². The summed E-state index contributed by atoms with van der Waals surface area (Å²) in [5.74, 6) is 0.915. The Bertz CT molecular complexity index is 406. The van der Waals surface area contributed by atoms with Crippen LogP contribution in [0.3, 0.4) is 0 Å². The first kappa shape index (κ1) is 10.8. The quantitative estimate of drug-likeness (QED) is 0.742. The van der Waals surface area contributed by atoms with Crippen molar-refractivity contribution in [1.82, 2.24) is 0 Å². The average molecular weight is 222 g/mol. The van der Waals surface area contributed by atoms with Crippen molar-refractivity contribution in [3.8, 4) is 11.5 Å². The minimum Gasteiger partial charge on any atom is -0.486 e. The van der Waals surface area contributed by atoms with Gasteiger partial charge in [0.25, 0.3) is 0 Å². The fraction of sp³-hybridized carbons (Fsp3) is 0.364. The van der Waals surface area contributed by atoms with Gasteiger partial charge in [-0.15, -0.1) is 0 Å². The molecule has 5 heteroatoms. The number of hydrogen-bond donors (Lipinski definition) is 2. The molecule has 1 unspecified atom stereocenters. The summed E-state index contributed by atoms with van der Waals surface area (Å²) in [5.41, 5.74) is 11.6. The largest absolute Gasteiger partial charge is 0.486 e. The van der Waals surface area contributed by atoms with E-state index >= 15 is 0 Å². The molecule has 0 aliphatic carbocycles. The van der Waals surface area contributed by atoms with Gasteiger partial charge >= 0.3 is 0 Å². The topological polar surface area (TPSA) is 87.6 Å². The fourth-order valence-electron chi connectivity index (χ4n) is 1.57. The van der Waals surface area contributed by atoms with Crippen LogP contribution in [0, 0.1) is 0 Å². The summed E-state index contributed by atoms with van der Waals surface area (Å²) in [6.45, 7) is 1.10. The Hall–Kier alpha value is -1.75. The second-order valence-corrected chi connectivity index (χ2v) is 3.69. The fourth-order valence-corrected chi connectivity index (χ4v) is 1.57. The van der Waals surface area contributed by atoms with Crippen molar-refractivity contribution in [3.63, 3.8) is 0 Å². The van der Waals surface area contributed by atoms with Crippen LogP contribution in [0.2, 0.25) is 0 Å². The van der Waals surface area contributed by atoms with E-state index in [0.717, 1.165) is 11.3 Å². The molecule has 1 amide bonds. The molecule has 1 aromatic rings. The maximum Gasteiger partial charge on any atom is 0.234 e. The molecule has 2 rings (SSSR count). The first-order chi connectivity index (χ1) is 7.66. The zero-order chi connectivity index (χ0) is 11.5. The smallest absolute Gasteiger partial charge is 0.234 e. The van der Waals surface area contributed by atoms with Crippen molar-refractivity contribution in [2.24, 2.45) is 11.5 Å². The molecule has 0 fully saturated rings. The lowest BCUT2D eigenvalue weighted by Crippen LogP contribution is -2.38. The van der Waals surface area contributed by atoms with Gasteiger partial charge < -0.3 is 20.9 Å². The Balaban J connectivity index is 2.14. The summed E-state index contributed by atoms with van der Waals surface area (Å²) in [5, 5.41) is 0. The molecule has 5 nitrogen and oxygen atoms in total. The van der Waals surface area contributed by atoms with Crippen molar-refractivity contribution >= 4 is 5.91 Å². The summed E-state index contributed by atoms with van der Waals surface area (Å²) < 4.78 is 10.8. The van der Waals surface area contributed by atoms with E-state index in [0.29, 0.717) is 25.4 Å². The van der Waals surface area contributed by atoms with Gasteiger partial charge in [-0.1, -0.05) is 6.07 Å². The summed E-state index contributed by atoms with van der Waals surface area (Å²) in [7, 11) is 0. The average Bonchev–Trinajstić information content (AvgIpc) is 2.28. The lowest BCUT2D eigenvalue weighted by atomic mass is 10.1. The van der Waals surface area contributed by atoms with Gasteiger partial charge in [0.15, 0.2) is 11.5 Å². The standard InChI is InChI=1S/C11H14N2O3/c12-8(11(13)14)5-7-1-2-9-10(6-7)16-4-3-15-9/h1-2,6,8H,3-5,12H2,(H2,13,14). The minimum absolute atomic E-state index is 0.409. The first-order valence-corrected chi connectivity index (χ1v) is 5.10. The highest BCUT2D eigenvalue weighted by molar-refractivity contribution is 5.79. The predicted octanol–water partition coefficient (Wildman–Crippen LogP) is -0.187. The van der Waals surface area contributed by atoms with Crippen LogP contribution in [-0.2, 0) is 11.2 Å². The number of carbonyl (C=O) groups is 1. The van der Waals surface area contributed by atoms with Crippen molar-refractivity contribution in [3.05, 3.63) is 23.8 Å². The number of rotatable bonds is 3. The van der Waals surface area contributed by atoms with E-state index in [-0.39, 0.29) is 0 Å². The summed E-state index contributed by atoms with van der Waals surface area (Å²) in [4.78, 5) is 10.8. The molecule has 0 aromatic heterocycles. The van der Waals surface area contributed by atoms with Crippen LogP contribution >= 0.6 is 0 Å². The highest BCUT2D eigenvalue weighted by atomic mass is 16.6. The number of carbonyl (C=O) groups excluding carboxylic acids is 1. The monoisotopic (exact) mass is 222 g/mol. The van der Waals surface area contributed by atoms with Crippen LogP contribution in [0.15, 0.2) is 18.2 Å². The number of fused-ring (bicyclic) bond motifs is 1. The molecule has 0 radical (unpaired) electrons. The number of amides is 1. The van der Waals surface area contributed by atoms with E-state index in [1.807, 2.05) is 18.2 Å². The van der Waals surface area contributed by atoms with Gasteiger partial charge in [0.1, 0.15) is 13.2 Å². The van der Waals surface area contributed by atoms with Gasteiger partial charge in [-0.3, -0.25) is 4.79 Å². The summed E-state index contributed by atoms with van der Waals surface area (Å²) >= 11 is 0. The van der Waals surface area contributed by atoms with E-state index in [4.69, 9.17) is 20.9 Å². The normalized spacial score (nSPS) is 15.6. The molecule has 1 heterocycles. The summed E-state index contributed by atoms with van der Waals surface area (Å²) in [6, 6.07) is 4.84. The highest BCUT2D eigenvalue weighted by Gasteiger charge is 2.14. The van der Waals surface area contributed by atoms with Crippen molar-refractivity contribution in [2.45, 2.75) is 12.5 Å². The van der Waals surface area contributed by atoms with E-state index in [9.17, 15) is 4.79 Å². The van der Waals surface area contributed by atoms with Crippen LogP contribution < -0.4 is 20.9 Å². The molecule has 1 aromatic carbocycles. The molecule has 16 heavy (non-hydrogen) atoms. The maximum absolute atomic E-state index is 10.8. The maximum atomic E-state index is 10.8. The molecule has 4 N–H and O–H groups in total. The third-order valence-electron chi connectivity index (χ3n) is 2.43. The number of nitrogens with two attached hydrogens (primary N) is 2. The van der Waals surface area contributed by atoms with Crippen LogP contribution in [-0.4, -0.2) is 25.2 Å². The highest BCUT2D eigenvalue weighted by Crippen LogP contribution is 2.30. The molecule has 1 aliphatic heterocycles. The van der Waals surface area contributed by atoms with Gasteiger partial charge in [0.2, 0.25) is 5.91 Å². The first-order valence-electron chi connectivity index (χ1n) is 5.10. The second kappa shape index (κ2) is 4.40. The van der Waals surface area contributed by atoms with Gasteiger partial charge in [-0.2, -0.15) is 0 Å². The Morgan fingerprint density at radius 3 is 2.69 bits per heavy atom. The molecule has 1 atom stereocenters. The molecule has 0 saturated carbocycles. The third kappa shape index (κ3) is 2.25. The lowest BCUT2D eigenvalue weighted by molar-refractivity contribution is -0.119. The third-order valence-corrected chi connectivity index (χ3v) is 2.43. The minimum atomic E-state index is -0.664. The Kier molecular flexibility index (Phi) is 2.96. The molecule has 0 spiro atoms. The van der Waals surface area contributed by atoms with Crippen LogP contribution in [0.4, 0.5) is 0 Å². The second-order valence-electron chi connectivity index (χ2n) is 3.69. The van der Waals surface area contributed by atoms with E-state index in [1.54, 1.807) is 0 Å². The molecule has 0 bridgehead atoms. The zero-order valence-corrected chi connectivity index (χ0v) is 8.81. The number of benzene rings is 1. The SMILES string of the molecule is NC(=O)C(N)Cc1ccc2c(c1)OCCO2. The molecular weight excluding hydrogens is 208 g/mol. The zero-order valence-electron chi connectivity index (χ0n) is 8.81. The lowest BCUT2D eigenvalue weighted by Gasteiger charge is -2.19. The van der Waals surface area contributed by atoms with E-state index in [2.05, 4.69) is 0 Å². The Morgan fingerprint density at radius 2 is 2.00 bits per heavy atom. The van der Waals surface area contributed by atoms with Gasteiger partial charge in [0.05, 0.1) is 6.04 Å². The van der Waals surface area contributed by atoms with E-state index < -0.39 is 11.9 Å². The Labute approximate surface area is 93.3 Å². The van der Waals surface area contributed by atoms with Gasteiger partial charge in [0, 0.05) is 0 Å². The number of primary amides is 1. The molecular formula is C11H14N2O3. The molecule has 86 valence electrons. The molecule has 1 aliphatic rings. The number of ether oxygens (including phenoxy) is 2. The van der Waals surface area contributed by atoms with Crippen molar-refractivity contribution < 1.29 is 14.3 Å². The number of hydrogen-bond acceptors (Lipinski definition) is 4. The van der Waals surface area contributed by atoms with Gasteiger partial charge in [-0.25, -0.2) is 0 Å². The summed E-state index contributed by atoms with van der Waals surface area (Å²) in [6.07, 6.45) is 0.409. The molecule has 0 saturated heterocycles. The van der Waals surface area contributed by atoms with Crippen molar-refractivity contribution in [1.29, 1.82) is 0 Å². The predicted molar refractivity (Wildman–Crippen MR) is 58.3 cm³/mol. The Morgan fingerprint density at radius 1 is 1.31 bits per heavy atom.